The zero-order valence-corrected chi connectivity index (χ0v) is 76.4. The van der Waals surface area contributed by atoms with Gasteiger partial charge in [0.25, 0.3) is 41.4 Å². The van der Waals surface area contributed by atoms with Crippen molar-refractivity contribution in [1.82, 2.24) is 42.5 Å². The molecule has 0 saturated heterocycles. The first-order valence-electron chi connectivity index (χ1n) is 38.7. The van der Waals surface area contributed by atoms with Crippen molar-refractivity contribution in [3.63, 3.8) is 0 Å². The van der Waals surface area contributed by atoms with E-state index >= 15 is 9.59 Å². The smallest absolute Gasteiger partial charge is 0.319 e. The van der Waals surface area contributed by atoms with E-state index in [9.17, 15) is 9.59 Å². The van der Waals surface area contributed by atoms with Gasteiger partial charge in [-0.3, -0.25) is 19.2 Å². The van der Waals surface area contributed by atoms with Gasteiger partial charge in [-0.2, -0.15) is 0 Å². The molecule has 0 aliphatic rings. The van der Waals surface area contributed by atoms with E-state index in [4.69, 9.17) is 243 Å². The predicted octanol–water partition coefficient (Wildman–Crippen LogP) is -3.58. The van der Waals surface area contributed by atoms with Gasteiger partial charge in [0.1, 0.15) is 87.7 Å². The maximum Gasteiger partial charge on any atom is 0.319 e. The van der Waals surface area contributed by atoms with Gasteiger partial charge in [-0.1, -0.05) is 0 Å². The van der Waals surface area contributed by atoms with Gasteiger partial charge in [-0.05, 0) is 153 Å². The molecule has 0 aromatic carbocycles. The quantitative estimate of drug-likeness (QED) is 0.0121. The van der Waals surface area contributed by atoms with Crippen LogP contribution in [-0.2, 0) is 119 Å². The van der Waals surface area contributed by atoms with Crippen LogP contribution < -0.4 is 88.4 Å². The number of hydrogen-bond acceptors (Lipinski definition) is 41. The van der Waals surface area contributed by atoms with E-state index in [-0.39, 0.29) is 171 Å². The molecule has 0 spiro atoms. The van der Waals surface area contributed by atoms with Crippen molar-refractivity contribution in [2.45, 2.75) is 91.8 Å². The van der Waals surface area contributed by atoms with E-state index in [1.165, 1.54) is 27.7 Å². The number of thiocarbonyl (C=S) groups is 8. The molecule has 692 valence electrons. The summed E-state index contributed by atoms with van der Waals surface area (Å²) in [6.07, 6.45) is -3.22. The standard InChI is InChI=1S/C70H134N16O25S8/c1-49(33-75)83-63(116)106-43-68(6,44-107-64(117)84-50(2)34-76)56(88)101-40-54(111-58(90)70(8,47-108-65(118)85-51(3)35-77)48-109-66(119)86-52(4)36-78)38-99-37-53(110-57(89)69(7,45-104-61(114)81-15-23-97-31-27-93-19-11-73)46-105-62(115)82-16-24-98-32-28-94-20-12-74)39-100-55(87)67(5,41-102-59(112)79-13-21-95-29-25-91-17-9-71)42-103-60(113)80-14-22-96-30-26-92-18-10-72/h49-54H,9-48,71-78H2,1-8H3,(H,79,112)(H,80,113)(H,81,114)(H,82,115)(H,83,116)(H,84,117)(H,85,118)(H,86,119). The van der Waals surface area contributed by atoms with Crippen LogP contribution in [0.25, 0.3) is 0 Å². The van der Waals surface area contributed by atoms with Crippen LogP contribution >= 0.6 is 97.7 Å². The van der Waals surface area contributed by atoms with Crippen molar-refractivity contribution in [3.8, 4) is 0 Å². The first-order valence-corrected chi connectivity index (χ1v) is 42.0. The van der Waals surface area contributed by atoms with Gasteiger partial charge >= 0.3 is 23.9 Å². The Morgan fingerprint density at radius 3 is 0.655 bits per heavy atom. The monoisotopic (exact) mass is 1850 g/mol. The highest BCUT2D eigenvalue weighted by Gasteiger charge is 2.45. The highest BCUT2D eigenvalue weighted by Crippen LogP contribution is 2.27. The van der Waals surface area contributed by atoms with Crippen LogP contribution in [0.1, 0.15) is 55.4 Å². The fourth-order valence-corrected chi connectivity index (χ4v) is 9.89. The molecule has 119 heavy (non-hydrogen) atoms. The van der Waals surface area contributed by atoms with Crippen LogP contribution in [0, 0.1) is 21.7 Å². The summed E-state index contributed by atoms with van der Waals surface area (Å²) in [4.78, 5) is 60.1. The molecule has 0 saturated carbocycles. The summed E-state index contributed by atoms with van der Waals surface area (Å²) >= 11 is 44.0. The molecular weight excluding hydrogens is 1720 g/mol. The summed E-state index contributed by atoms with van der Waals surface area (Å²) in [6, 6.07) is -1.37. The fraction of sp³-hybridized carbons (Fsp3) is 0.829. The Morgan fingerprint density at radius 2 is 0.454 bits per heavy atom. The van der Waals surface area contributed by atoms with Crippen LogP contribution in [0.3, 0.4) is 0 Å². The van der Waals surface area contributed by atoms with Crippen molar-refractivity contribution >= 4 is 163 Å². The van der Waals surface area contributed by atoms with Crippen LogP contribution in [0.2, 0.25) is 0 Å². The lowest BCUT2D eigenvalue weighted by Gasteiger charge is -2.32. The molecule has 0 amide bonds. The SMILES string of the molecule is CC(CN)NC(=S)OCC(C)(COC(=S)NC(C)CN)C(=O)OCC(COCC(COC(=O)C(C)(COC(=S)NCCOCCOCCN)COC(=S)NCCOCCOCCN)OC(=O)C(C)(COC(=S)NCCOCCOCCN)COC(=S)NCCOCCOCCN)OC(=O)C(C)(COC(=S)NC(C)CN)COC(=S)NC(C)CN. The van der Waals surface area contributed by atoms with Gasteiger partial charge < -0.3 is 188 Å². The molecule has 6 atom stereocenters. The van der Waals surface area contributed by atoms with Gasteiger partial charge in [0.2, 0.25) is 0 Å². The van der Waals surface area contributed by atoms with E-state index in [0.29, 0.717) is 79.0 Å². The highest BCUT2D eigenvalue weighted by molar-refractivity contribution is 7.81. The van der Waals surface area contributed by atoms with Crippen molar-refractivity contribution in [2.75, 3.05) is 264 Å². The molecule has 0 aliphatic carbocycles. The third kappa shape index (κ3) is 57.7. The first kappa shape index (κ1) is 114. The Labute approximate surface area is 742 Å². The van der Waals surface area contributed by atoms with E-state index in [1.54, 1.807) is 27.7 Å². The van der Waals surface area contributed by atoms with Gasteiger partial charge in [0.05, 0.1) is 119 Å². The number of carbonyl (C=O) groups is 4. The minimum absolute atomic E-state index is 0.111. The average Bonchev–Trinajstić information content (AvgIpc) is 0.846. The normalized spacial score (nSPS) is 13.8. The summed E-state index contributed by atoms with van der Waals surface area (Å²) in [5.74, 6) is -4.07. The van der Waals surface area contributed by atoms with Gasteiger partial charge in [0.15, 0.2) is 12.2 Å². The van der Waals surface area contributed by atoms with Crippen molar-refractivity contribution in [1.29, 1.82) is 0 Å². The number of carbonyl (C=O) groups excluding carboxylic acids is 4. The topological polar surface area (TPSA) is 567 Å². The lowest BCUT2D eigenvalue weighted by Crippen LogP contribution is -2.48. The maximum atomic E-state index is 15.3. The van der Waals surface area contributed by atoms with Crippen LogP contribution in [0.4, 0.5) is 0 Å². The second kappa shape index (κ2) is 70.0. The number of ether oxygens (including phenoxy) is 21. The molecule has 0 aliphatic heterocycles. The van der Waals surface area contributed by atoms with Crippen molar-refractivity contribution in [2.24, 2.45) is 67.5 Å². The number of hydrogen-bond donors (Lipinski definition) is 16. The predicted molar refractivity (Wildman–Crippen MR) is 475 cm³/mol. The highest BCUT2D eigenvalue weighted by atomic mass is 32.1. The Hall–Kier alpha value is -5.28. The number of nitrogens with one attached hydrogen (secondary N) is 8. The molecule has 0 rings (SSSR count). The molecule has 0 heterocycles. The van der Waals surface area contributed by atoms with Crippen molar-refractivity contribution < 1.29 is 119 Å². The summed E-state index contributed by atoms with van der Waals surface area (Å²) in [5.41, 5.74) is 38.4. The summed E-state index contributed by atoms with van der Waals surface area (Å²) in [7, 11) is 0. The van der Waals surface area contributed by atoms with Crippen LogP contribution in [0.5, 0.6) is 0 Å². The van der Waals surface area contributed by atoms with Crippen molar-refractivity contribution in [3.05, 3.63) is 0 Å². The molecule has 0 bridgehead atoms. The van der Waals surface area contributed by atoms with Gasteiger partial charge in [0, 0.05) is 103 Å². The molecule has 0 aromatic heterocycles. The average molecular weight is 1860 g/mol. The largest absolute Gasteiger partial charge is 0.470 e. The first-order chi connectivity index (χ1) is 56.8. The molecular formula is C70H134N16O25S8. The Kier molecular flexibility index (Phi) is 66.9. The van der Waals surface area contributed by atoms with E-state index in [2.05, 4.69) is 42.5 Å². The molecule has 24 N–H and O–H groups in total. The molecule has 6 unspecified atom stereocenters. The molecule has 0 fully saturated rings. The van der Waals surface area contributed by atoms with E-state index in [0.717, 1.165) is 0 Å². The van der Waals surface area contributed by atoms with E-state index in [1.807, 2.05) is 0 Å². The van der Waals surface area contributed by atoms with Gasteiger partial charge in [-0.15, -0.1) is 0 Å². The fourth-order valence-electron chi connectivity index (χ4n) is 8.21. The lowest BCUT2D eigenvalue weighted by atomic mass is 9.93. The van der Waals surface area contributed by atoms with E-state index < -0.39 is 137 Å². The Morgan fingerprint density at radius 1 is 0.261 bits per heavy atom. The second-order valence-corrected chi connectivity index (χ2v) is 30.5. The lowest BCUT2D eigenvalue weighted by molar-refractivity contribution is -0.184. The number of rotatable bonds is 70. The second-order valence-electron chi connectivity index (χ2n) is 27.5. The number of nitrogens with two attached hydrogens (primary N) is 8. The maximum absolute atomic E-state index is 15.3. The minimum Gasteiger partial charge on any atom is -0.470 e. The molecule has 0 aromatic rings. The molecule has 0 radical (unpaired) electrons. The summed E-state index contributed by atoms with van der Waals surface area (Å²) in [6.45, 7) is 13.2. The summed E-state index contributed by atoms with van der Waals surface area (Å²) < 4.78 is 123. The Balaban J connectivity index is 8.32. The third-order valence-corrected chi connectivity index (χ3v) is 17.6. The minimum atomic E-state index is -1.84. The molecule has 49 heteroatoms. The third-order valence-electron chi connectivity index (χ3n) is 15.6. The number of esters is 4. The van der Waals surface area contributed by atoms with Crippen LogP contribution in [0.15, 0.2) is 0 Å². The zero-order valence-electron chi connectivity index (χ0n) is 69.8. The zero-order chi connectivity index (χ0) is 89.2. The van der Waals surface area contributed by atoms with Gasteiger partial charge in [-0.25, -0.2) is 0 Å². The Bertz CT molecular complexity index is 2750. The van der Waals surface area contributed by atoms with Crippen LogP contribution in [-0.4, -0.2) is 365 Å². The summed E-state index contributed by atoms with van der Waals surface area (Å²) in [5, 5.41) is 22.3. The molecule has 41 nitrogen and oxygen atoms in total.